The molecule has 96 valence electrons. The fourth-order valence-corrected chi connectivity index (χ4v) is 1.43. The molecule has 1 rings (SSSR count). The molecule has 0 fully saturated rings. The highest BCUT2D eigenvalue weighted by molar-refractivity contribution is 5.90. The molecular weight excluding hydrogens is 244 g/mol. The average Bonchev–Trinajstić information content (AvgIpc) is 2.40. The molecule has 0 saturated heterocycles. The Kier molecular flexibility index (Phi) is 3.44. The highest BCUT2D eigenvalue weighted by Gasteiger charge is 2.42. The van der Waals surface area contributed by atoms with Crippen molar-refractivity contribution in [1.82, 2.24) is 9.78 Å². The Morgan fingerprint density at radius 1 is 1.47 bits per heavy atom. The van der Waals surface area contributed by atoms with Crippen LogP contribution < -0.4 is 0 Å². The first-order valence-corrected chi connectivity index (χ1v) is 4.60. The number of aryl methyl sites for hydroxylation is 1. The SMILES string of the molecule is Cc1nn(CC(F)(F)C(F)F)c(C)c1C(=O)O. The summed E-state index contributed by atoms with van der Waals surface area (Å²) in [6, 6.07) is 0. The minimum atomic E-state index is -4.24. The zero-order valence-corrected chi connectivity index (χ0v) is 9.05. The number of rotatable bonds is 4. The molecule has 0 unspecified atom stereocenters. The van der Waals surface area contributed by atoms with Gasteiger partial charge in [0.1, 0.15) is 12.1 Å². The number of aromatic carboxylic acids is 1. The van der Waals surface area contributed by atoms with Gasteiger partial charge >= 0.3 is 18.3 Å². The van der Waals surface area contributed by atoms with Gasteiger partial charge in [-0.15, -0.1) is 0 Å². The zero-order chi connectivity index (χ0) is 13.4. The van der Waals surface area contributed by atoms with Crippen LogP contribution in [0.3, 0.4) is 0 Å². The maximum Gasteiger partial charge on any atom is 0.339 e. The summed E-state index contributed by atoms with van der Waals surface area (Å²) < 4.78 is 50.2. The van der Waals surface area contributed by atoms with Crippen LogP contribution in [0.5, 0.6) is 0 Å². The van der Waals surface area contributed by atoms with E-state index in [0.717, 1.165) is 0 Å². The molecule has 1 aromatic rings. The Balaban J connectivity index is 3.10. The fraction of sp³-hybridized carbons (Fsp3) is 0.556. The molecule has 1 aromatic heterocycles. The second-order valence-corrected chi connectivity index (χ2v) is 3.57. The van der Waals surface area contributed by atoms with Crippen molar-refractivity contribution in [3.63, 3.8) is 0 Å². The number of hydrogen-bond acceptors (Lipinski definition) is 2. The molecular formula is C9H10F4N2O2. The molecule has 4 nitrogen and oxygen atoms in total. The second-order valence-electron chi connectivity index (χ2n) is 3.57. The first-order valence-electron chi connectivity index (χ1n) is 4.60. The van der Waals surface area contributed by atoms with Crippen molar-refractivity contribution >= 4 is 5.97 Å². The lowest BCUT2D eigenvalue weighted by atomic mass is 10.2. The second kappa shape index (κ2) is 4.34. The maximum absolute atomic E-state index is 12.8. The normalized spacial score (nSPS) is 12.2. The van der Waals surface area contributed by atoms with Gasteiger partial charge < -0.3 is 5.11 Å². The topological polar surface area (TPSA) is 55.1 Å². The summed E-state index contributed by atoms with van der Waals surface area (Å²) in [7, 11) is 0. The maximum atomic E-state index is 12.8. The Hall–Kier alpha value is -1.60. The molecule has 1 N–H and O–H groups in total. The van der Waals surface area contributed by atoms with Gasteiger partial charge in [-0.1, -0.05) is 0 Å². The van der Waals surface area contributed by atoms with Crippen LogP contribution >= 0.6 is 0 Å². The lowest BCUT2D eigenvalue weighted by Gasteiger charge is -2.15. The number of carboxylic acids is 1. The minimum Gasteiger partial charge on any atom is -0.478 e. The van der Waals surface area contributed by atoms with Crippen LogP contribution in [0.1, 0.15) is 21.7 Å². The fourth-order valence-electron chi connectivity index (χ4n) is 1.43. The van der Waals surface area contributed by atoms with Crippen molar-refractivity contribution in [2.24, 2.45) is 0 Å². The number of alkyl halides is 4. The van der Waals surface area contributed by atoms with Gasteiger partial charge in [0.25, 0.3) is 0 Å². The van der Waals surface area contributed by atoms with E-state index in [1.165, 1.54) is 13.8 Å². The molecule has 0 spiro atoms. The third-order valence-electron chi connectivity index (χ3n) is 2.28. The van der Waals surface area contributed by atoms with Gasteiger partial charge in [0.15, 0.2) is 0 Å². The molecule has 0 atom stereocenters. The van der Waals surface area contributed by atoms with Crippen LogP contribution in [0.4, 0.5) is 17.6 Å². The molecule has 0 amide bonds. The number of carbonyl (C=O) groups is 1. The standard InChI is InChI=1S/C9H10F4N2O2/c1-4-6(7(16)17)5(2)15(14-4)3-9(12,13)8(10)11/h8H,3H2,1-2H3,(H,16,17). The van der Waals surface area contributed by atoms with Crippen LogP contribution in [0.25, 0.3) is 0 Å². The van der Waals surface area contributed by atoms with E-state index < -0.39 is 24.9 Å². The van der Waals surface area contributed by atoms with E-state index in [1.54, 1.807) is 0 Å². The van der Waals surface area contributed by atoms with Gasteiger partial charge in [-0.05, 0) is 13.8 Å². The predicted molar refractivity (Wildman–Crippen MR) is 49.6 cm³/mol. The highest BCUT2D eigenvalue weighted by atomic mass is 19.3. The van der Waals surface area contributed by atoms with Crippen molar-refractivity contribution < 1.29 is 27.5 Å². The van der Waals surface area contributed by atoms with E-state index in [2.05, 4.69) is 5.10 Å². The smallest absolute Gasteiger partial charge is 0.339 e. The monoisotopic (exact) mass is 254 g/mol. The van der Waals surface area contributed by atoms with E-state index in [4.69, 9.17) is 5.11 Å². The van der Waals surface area contributed by atoms with Gasteiger partial charge in [-0.3, -0.25) is 4.68 Å². The summed E-state index contributed by atoms with van der Waals surface area (Å²) in [4.78, 5) is 10.8. The summed E-state index contributed by atoms with van der Waals surface area (Å²) in [5, 5.41) is 12.3. The van der Waals surface area contributed by atoms with E-state index in [0.29, 0.717) is 4.68 Å². The van der Waals surface area contributed by atoms with Crippen LogP contribution in [0.2, 0.25) is 0 Å². The van der Waals surface area contributed by atoms with E-state index in [-0.39, 0.29) is 17.0 Å². The van der Waals surface area contributed by atoms with Gasteiger partial charge in [-0.25, -0.2) is 13.6 Å². The van der Waals surface area contributed by atoms with E-state index in [1.807, 2.05) is 0 Å². The largest absolute Gasteiger partial charge is 0.478 e. The lowest BCUT2D eigenvalue weighted by Crippen LogP contribution is -2.33. The number of aromatic nitrogens is 2. The quantitative estimate of drug-likeness (QED) is 0.837. The third-order valence-corrected chi connectivity index (χ3v) is 2.28. The molecule has 0 radical (unpaired) electrons. The lowest BCUT2D eigenvalue weighted by molar-refractivity contribution is -0.139. The molecule has 8 heteroatoms. The Bertz CT molecular complexity index is 442. The van der Waals surface area contributed by atoms with E-state index >= 15 is 0 Å². The van der Waals surface area contributed by atoms with Gasteiger partial charge in [0.05, 0.1) is 11.4 Å². The summed E-state index contributed by atoms with van der Waals surface area (Å²) in [6.07, 6.45) is -3.82. The van der Waals surface area contributed by atoms with Gasteiger partial charge in [0, 0.05) is 0 Å². The van der Waals surface area contributed by atoms with E-state index in [9.17, 15) is 22.4 Å². The number of hydrogen-bond donors (Lipinski definition) is 1. The molecule has 0 aromatic carbocycles. The average molecular weight is 254 g/mol. The third kappa shape index (κ3) is 2.56. The van der Waals surface area contributed by atoms with Crippen LogP contribution in [-0.2, 0) is 6.54 Å². The van der Waals surface area contributed by atoms with Crippen LogP contribution in [0, 0.1) is 13.8 Å². The Labute approximate surface area is 93.8 Å². The summed E-state index contributed by atoms with van der Waals surface area (Å²) >= 11 is 0. The Morgan fingerprint density at radius 3 is 2.35 bits per heavy atom. The molecule has 1 heterocycles. The number of carboxylic acid groups (broad SMARTS) is 1. The first kappa shape index (κ1) is 13.5. The molecule has 0 saturated carbocycles. The predicted octanol–water partition coefficient (Wildman–Crippen LogP) is 2.10. The molecule has 0 aliphatic rings. The van der Waals surface area contributed by atoms with Gasteiger partial charge in [0.2, 0.25) is 0 Å². The minimum absolute atomic E-state index is 0.0140. The summed E-state index contributed by atoms with van der Waals surface area (Å²) in [5.74, 6) is -5.56. The number of halogens is 4. The van der Waals surface area contributed by atoms with Crippen molar-refractivity contribution in [3.8, 4) is 0 Å². The summed E-state index contributed by atoms with van der Waals surface area (Å²) in [5.41, 5.74) is -0.301. The molecule has 0 aliphatic heterocycles. The van der Waals surface area contributed by atoms with Crippen molar-refractivity contribution in [3.05, 3.63) is 17.0 Å². The van der Waals surface area contributed by atoms with Crippen molar-refractivity contribution in [2.75, 3.05) is 0 Å². The molecule has 17 heavy (non-hydrogen) atoms. The summed E-state index contributed by atoms with van der Waals surface area (Å²) in [6.45, 7) is 1.21. The van der Waals surface area contributed by atoms with Crippen LogP contribution in [-0.4, -0.2) is 33.2 Å². The zero-order valence-electron chi connectivity index (χ0n) is 9.05. The molecule has 0 aliphatic carbocycles. The van der Waals surface area contributed by atoms with Crippen molar-refractivity contribution in [2.45, 2.75) is 32.7 Å². The van der Waals surface area contributed by atoms with Gasteiger partial charge in [-0.2, -0.15) is 13.9 Å². The number of nitrogens with zero attached hydrogens (tertiary/aromatic N) is 2. The van der Waals surface area contributed by atoms with Crippen molar-refractivity contribution in [1.29, 1.82) is 0 Å². The van der Waals surface area contributed by atoms with Crippen LogP contribution in [0.15, 0.2) is 0 Å². The molecule has 0 bridgehead atoms. The Morgan fingerprint density at radius 2 is 2.00 bits per heavy atom. The highest BCUT2D eigenvalue weighted by Crippen LogP contribution is 2.26. The first-order chi connectivity index (χ1) is 7.66.